The summed E-state index contributed by atoms with van der Waals surface area (Å²) in [7, 11) is 1.92. The zero-order valence-corrected chi connectivity index (χ0v) is 9.72. The van der Waals surface area contributed by atoms with Crippen LogP contribution in [0.1, 0.15) is 5.56 Å². The van der Waals surface area contributed by atoms with Crippen LogP contribution in [0, 0.1) is 6.92 Å². The molecule has 1 heterocycles. The first-order chi connectivity index (χ1) is 6.74. The summed E-state index contributed by atoms with van der Waals surface area (Å²) in [5.41, 5.74) is 3.34. The van der Waals surface area contributed by atoms with Crippen molar-refractivity contribution in [3.05, 3.63) is 34.4 Å². The van der Waals surface area contributed by atoms with Gasteiger partial charge in [0.15, 0.2) is 0 Å². The van der Waals surface area contributed by atoms with Gasteiger partial charge in [0.2, 0.25) is 0 Å². The lowest BCUT2D eigenvalue weighted by atomic mass is 10.1. The number of nitrogens with one attached hydrogen (secondary N) is 1. The number of nitrogens with zero attached hydrogens (tertiary/aromatic N) is 1. The van der Waals surface area contributed by atoms with E-state index in [0.29, 0.717) is 0 Å². The van der Waals surface area contributed by atoms with Gasteiger partial charge in [-0.15, -0.1) is 0 Å². The molecule has 0 aliphatic heterocycles. The maximum atomic E-state index is 4.38. The number of aromatic nitrogens is 1. The average molecular weight is 251 g/mol. The van der Waals surface area contributed by atoms with Gasteiger partial charge in [-0.1, -0.05) is 22.0 Å². The van der Waals surface area contributed by atoms with Crippen molar-refractivity contribution in [2.45, 2.75) is 6.92 Å². The van der Waals surface area contributed by atoms with Crippen molar-refractivity contribution in [2.24, 2.45) is 0 Å². The number of hydrogen-bond donors (Lipinski definition) is 1. The van der Waals surface area contributed by atoms with Gasteiger partial charge in [0.1, 0.15) is 0 Å². The van der Waals surface area contributed by atoms with Crippen molar-refractivity contribution in [1.82, 2.24) is 4.98 Å². The summed E-state index contributed by atoms with van der Waals surface area (Å²) in [5, 5.41) is 4.32. The zero-order valence-electron chi connectivity index (χ0n) is 8.13. The van der Waals surface area contributed by atoms with Crippen LogP contribution < -0.4 is 5.32 Å². The first kappa shape index (κ1) is 9.46. The summed E-state index contributed by atoms with van der Waals surface area (Å²) in [5.74, 6) is 0. The van der Waals surface area contributed by atoms with Gasteiger partial charge in [-0.25, -0.2) is 0 Å². The van der Waals surface area contributed by atoms with Gasteiger partial charge in [-0.2, -0.15) is 0 Å². The molecule has 3 heteroatoms. The Kier molecular flexibility index (Phi) is 2.42. The summed E-state index contributed by atoms with van der Waals surface area (Å²) in [6.07, 6.45) is 1.83. The number of benzene rings is 1. The number of rotatable bonds is 1. The van der Waals surface area contributed by atoms with E-state index in [1.807, 2.05) is 19.3 Å². The van der Waals surface area contributed by atoms with Crippen molar-refractivity contribution < 1.29 is 0 Å². The number of pyridine rings is 1. The van der Waals surface area contributed by atoms with Crippen LogP contribution in [0.2, 0.25) is 0 Å². The Bertz CT molecular complexity index is 480. The van der Waals surface area contributed by atoms with E-state index in [0.717, 1.165) is 21.1 Å². The highest BCUT2D eigenvalue weighted by molar-refractivity contribution is 9.10. The number of hydrogen-bond acceptors (Lipinski definition) is 2. The van der Waals surface area contributed by atoms with Gasteiger partial charge >= 0.3 is 0 Å². The fourth-order valence-corrected chi connectivity index (χ4v) is 2.10. The van der Waals surface area contributed by atoms with Crippen LogP contribution in [0.15, 0.2) is 28.9 Å². The van der Waals surface area contributed by atoms with Gasteiger partial charge < -0.3 is 5.32 Å². The first-order valence-electron chi connectivity index (χ1n) is 4.45. The second-order valence-corrected chi connectivity index (χ2v) is 4.05. The summed E-state index contributed by atoms with van der Waals surface area (Å²) in [6.45, 7) is 2.07. The molecule has 1 aromatic heterocycles. The second-order valence-electron chi connectivity index (χ2n) is 3.20. The Hall–Kier alpha value is -1.09. The lowest BCUT2D eigenvalue weighted by molar-refractivity contribution is 1.35. The molecule has 72 valence electrons. The number of halogens is 1. The van der Waals surface area contributed by atoms with E-state index in [4.69, 9.17) is 0 Å². The lowest BCUT2D eigenvalue weighted by Crippen LogP contribution is -1.92. The predicted octanol–water partition coefficient (Wildman–Crippen LogP) is 3.35. The smallest absolute Gasteiger partial charge is 0.0763 e. The minimum atomic E-state index is 1.05. The van der Waals surface area contributed by atoms with E-state index < -0.39 is 0 Å². The van der Waals surface area contributed by atoms with E-state index in [1.54, 1.807) is 0 Å². The minimum absolute atomic E-state index is 1.05. The maximum Gasteiger partial charge on any atom is 0.0763 e. The molecule has 2 aromatic rings. The van der Waals surface area contributed by atoms with Crippen LogP contribution in [-0.4, -0.2) is 12.0 Å². The van der Waals surface area contributed by atoms with Gasteiger partial charge in [0.05, 0.1) is 5.52 Å². The zero-order chi connectivity index (χ0) is 10.1. The molecule has 2 nitrogen and oxygen atoms in total. The van der Waals surface area contributed by atoms with Crippen LogP contribution in [0.5, 0.6) is 0 Å². The molecular formula is C11H11BrN2. The largest absolute Gasteiger partial charge is 0.387 e. The van der Waals surface area contributed by atoms with Crippen LogP contribution in [-0.2, 0) is 0 Å². The molecule has 2 rings (SSSR count). The summed E-state index contributed by atoms with van der Waals surface area (Å²) in [4.78, 5) is 4.38. The monoisotopic (exact) mass is 250 g/mol. The Labute approximate surface area is 91.5 Å². The molecule has 0 fully saturated rings. The molecular weight excluding hydrogens is 240 g/mol. The van der Waals surface area contributed by atoms with Crippen LogP contribution in [0.3, 0.4) is 0 Å². The summed E-state index contributed by atoms with van der Waals surface area (Å²) >= 11 is 3.54. The molecule has 0 aliphatic rings. The third-order valence-corrected chi connectivity index (χ3v) is 2.97. The molecule has 0 spiro atoms. The molecule has 0 saturated heterocycles. The number of fused-ring (bicyclic) bond motifs is 1. The molecule has 1 N–H and O–H groups in total. The molecule has 0 atom stereocenters. The normalized spacial score (nSPS) is 10.5. The number of aryl methyl sites for hydroxylation is 1. The highest BCUT2D eigenvalue weighted by Crippen LogP contribution is 2.30. The summed E-state index contributed by atoms with van der Waals surface area (Å²) in [6, 6.07) is 6.10. The lowest BCUT2D eigenvalue weighted by Gasteiger charge is -2.08. The third kappa shape index (κ3) is 1.38. The quantitative estimate of drug-likeness (QED) is 0.840. The van der Waals surface area contributed by atoms with Crippen LogP contribution in [0.25, 0.3) is 10.9 Å². The fraction of sp³-hybridized carbons (Fsp3) is 0.182. The molecule has 14 heavy (non-hydrogen) atoms. The van der Waals surface area contributed by atoms with E-state index in [1.165, 1.54) is 5.56 Å². The minimum Gasteiger partial charge on any atom is -0.387 e. The van der Waals surface area contributed by atoms with Gasteiger partial charge in [-0.3, -0.25) is 4.98 Å². The third-order valence-electron chi connectivity index (χ3n) is 2.31. The van der Waals surface area contributed by atoms with E-state index >= 15 is 0 Å². The highest BCUT2D eigenvalue weighted by Gasteiger charge is 2.06. The molecule has 0 unspecified atom stereocenters. The first-order valence-corrected chi connectivity index (χ1v) is 5.25. The second kappa shape index (κ2) is 3.58. The molecule has 0 aliphatic carbocycles. The van der Waals surface area contributed by atoms with Crippen molar-refractivity contribution in [2.75, 3.05) is 12.4 Å². The molecule has 0 amide bonds. The van der Waals surface area contributed by atoms with Gasteiger partial charge in [0.25, 0.3) is 0 Å². The van der Waals surface area contributed by atoms with E-state index in [2.05, 4.69) is 45.3 Å². The molecule has 1 aromatic carbocycles. The standard InChI is InChI=1S/C11H11BrN2/c1-7-3-4-8(12)10-9(13-2)5-6-14-11(7)10/h3-6H,1-2H3,(H,13,14). The van der Waals surface area contributed by atoms with Gasteiger partial charge in [-0.05, 0) is 24.6 Å². The maximum absolute atomic E-state index is 4.38. The van der Waals surface area contributed by atoms with Gasteiger partial charge in [0, 0.05) is 28.8 Å². The topological polar surface area (TPSA) is 24.9 Å². The van der Waals surface area contributed by atoms with Crippen molar-refractivity contribution >= 4 is 32.5 Å². The highest BCUT2D eigenvalue weighted by atomic mass is 79.9. The van der Waals surface area contributed by atoms with E-state index in [-0.39, 0.29) is 0 Å². The SMILES string of the molecule is CNc1ccnc2c(C)ccc(Br)c12. The van der Waals surface area contributed by atoms with Crippen molar-refractivity contribution in [3.8, 4) is 0 Å². The van der Waals surface area contributed by atoms with Crippen LogP contribution in [0.4, 0.5) is 5.69 Å². The molecule has 0 bridgehead atoms. The Morgan fingerprint density at radius 1 is 1.29 bits per heavy atom. The van der Waals surface area contributed by atoms with E-state index in [9.17, 15) is 0 Å². The summed E-state index contributed by atoms with van der Waals surface area (Å²) < 4.78 is 1.08. The predicted molar refractivity (Wildman–Crippen MR) is 63.7 cm³/mol. The van der Waals surface area contributed by atoms with Crippen LogP contribution >= 0.6 is 15.9 Å². The Morgan fingerprint density at radius 3 is 2.79 bits per heavy atom. The fourth-order valence-electron chi connectivity index (χ4n) is 1.57. The Morgan fingerprint density at radius 2 is 2.07 bits per heavy atom. The van der Waals surface area contributed by atoms with Crippen molar-refractivity contribution in [3.63, 3.8) is 0 Å². The Balaban J connectivity index is 2.92. The average Bonchev–Trinajstić information content (AvgIpc) is 2.23. The molecule has 0 radical (unpaired) electrons. The molecule has 0 saturated carbocycles. The van der Waals surface area contributed by atoms with Crippen molar-refractivity contribution in [1.29, 1.82) is 0 Å². The number of anilines is 1.